The zero-order chi connectivity index (χ0) is 13.9. The van der Waals surface area contributed by atoms with Gasteiger partial charge in [-0.15, -0.1) is 6.58 Å². The van der Waals surface area contributed by atoms with Crippen molar-refractivity contribution in [3.05, 3.63) is 42.5 Å². The highest BCUT2D eigenvalue weighted by molar-refractivity contribution is 5.27. The van der Waals surface area contributed by atoms with Crippen molar-refractivity contribution >= 4 is 0 Å². The summed E-state index contributed by atoms with van der Waals surface area (Å²) in [5, 5.41) is 3.40. The quantitative estimate of drug-likeness (QED) is 0.500. The van der Waals surface area contributed by atoms with E-state index < -0.39 is 0 Å². The van der Waals surface area contributed by atoms with Crippen LogP contribution in [0.2, 0.25) is 0 Å². The summed E-state index contributed by atoms with van der Waals surface area (Å²) in [5.41, 5.74) is 1.30. The molecule has 2 nitrogen and oxygen atoms in total. The molecule has 19 heavy (non-hydrogen) atoms. The molecule has 0 aliphatic carbocycles. The van der Waals surface area contributed by atoms with Gasteiger partial charge in [-0.3, -0.25) is 0 Å². The van der Waals surface area contributed by atoms with Gasteiger partial charge in [0.25, 0.3) is 0 Å². The molecule has 106 valence electrons. The Morgan fingerprint density at radius 2 is 1.89 bits per heavy atom. The molecule has 0 spiro atoms. The number of benzene rings is 1. The Labute approximate surface area is 117 Å². The molecule has 0 bridgehead atoms. The van der Waals surface area contributed by atoms with E-state index >= 15 is 0 Å². The summed E-state index contributed by atoms with van der Waals surface area (Å²) in [5.74, 6) is 0.969. The number of rotatable bonds is 10. The first kappa shape index (κ1) is 15.8. The molecule has 0 saturated carbocycles. The lowest BCUT2D eigenvalue weighted by Gasteiger charge is -2.09. The van der Waals surface area contributed by atoms with E-state index in [1.54, 1.807) is 0 Å². The fraction of sp³-hybridized carbons (Fsp3) is 0.529. The fourth-order valence-corrected chi connectivity index (χ4v) is 1.78. The van der Waals surface area contributed by atoms with Crippen LogP contribution < -0.4 is 10.1 Å². The largest absolute Gasteiger partial charge is 0.494 e. The molecule has 1 aromatic rings. The Balaban J connectivity index is 2.18. The van der Waals surface area contributed by atoms with Gasteiger partial charge in [-0.25, -0.2) is 0 Å². The van der Waals surface area contributed by atoms with Gasteiger partial charge in [-0.1, -0.05) is 32.1 Å². The zero-order valence-electron chi connectivity index (χ0n) is 12.3. The third kappa shape index (κ3) is 7.68. The molecule has 0 aliphatic heterocycles. The third-order valence-electron chi connectivity index (χ3n) is 2.96. The van der Waals surface area contributed by atoms with E-state index in [1.165, 1.54) is 18.4 Å². The molecule has 0 atom stereocenters. The molecular weight excluding hydrogens is 234 g/mol. The first-order chi connectivity index (χ1) is 9.22. The van der Waals surface area contributed by atoms with Gasteiger partial charge >= 0.3 is 0 Å². The molecule has 1 rings (SSSR count). The predicted molar refractivity (Wildman–Crippen MR) is 82.6 cm³/mol. The van der Waals surface area contributed by atoms with Crippen LogP contribution in [0.3, 0.4) is 0 Å². The van der Waals surface area contributed by atoms with Crippen LogP contribution in [0.4, 0.5) is 0 Å². The summed E-state index contributed by atoms with van der Waals surface area (Å²) in [6, 6.07) is 8.89. The number of hydrogen-bond acceptors (Lipinski definition) is 2. The van der Waals surface area contributed by atoms with Gasteiger partial charge in [0, 0.05) is 12.6 Å². The topological polar surface area (TPSA) is 21.3 Å². The molecule has 0 radical (unpaired) electrons. The second-order valence-electron chi connectivity index (χ2n) is 5.17. The highest BCUT2D eigenvalue weighted by atomic mass is 16.5. The van der Waals surface area contributed by atoms with E-state index in [0.717, 1.165) is 31.7 Å². The van der Waals surface area contributed by atoms with Gasteiger partial charge < -0.3 is 10.1 Å². The minimum Gasteiger partial charge on any atom is -0.494 e. The van der Waals surface area contributed by atoms with Gasteiger partial charge in [0.2, 0.25) is 0 Å². The van der Waals surface area contributed by atoms with Crippen LogP contribution in [-0.4, -0.2) is 12.6 Å². The smallest absolute Gasteiger partial charge is 0.119 e. The Bertz CT molecular complexity index is 343. The average molecular weight is 261 g/mol. The third-order valence-corrected chi connectivity index (χ3v) is 2.96. The van der Waals surface area contributed by atoms with Crippen LogP contribution in [0, 0.1) is 0 Å². The van der Waals surface area contributed by atoms with E-state index in [4.69, 9.17) is 4.74 Å². The Hall–Kier alpha value is -1.28. The summed E-state index contributed by atoms with van der Waals surface area (Å²) in [6.45, 7) is 9.76. The molecule has 2 heteroatoms. The maximum atomic E-state index is 5.72. The van der Waals surface area contributed by atoms with Crippen LogP contribution in [0.1, 0.15) is 45.1 Å². The van der Waals surface area contributed by atoms with Crippen molar-refractivity contribution < 1.29 is 4.74 Å². The minimum absolute atomic E-state index is 0.520. The highest BCUT2D eigenvalue weighted by Gasteiger charge is 1.97. The molecule has 0 aromatic heterocycles. The van der Waals surface area contributed by atoms with Crippen molar-refractivity contribution in [3.8, 4) is 5.75 Å². The molecule has 0 heterocycles. The molecule has 0 saturated heterocycles. The summed E-state index contributed by atoms with van der Waals surface area (Å²) in [6.07, 6.45) is 6.63. The van der Waals surface area contributed by atoms with Crippen molar-refractivity contribution in [2.75, 3.05) is 6.61 Å². The van der Waals surface area contributed by atoms with E-state index in [9.17, 15) is 0 Å². The van der Waals surface area contributed by atoms with E-state index in [-0.39, 0.29) is 0 Å². The second kappa shape index (κ2) is 9.62. The summed E-state index contributed by atoms with van der Waals surface area (Å²) >= 11 is 0. The lowest BCUT2D eigenvalue weighted by Crippen LogP contribution is -2.21. The number of ether oxygens (including phenoxy) is 1. The van der Waals surface area contributed by atoms with Gasteiger partial charge in [0.15, 0.2) is 0 Å². The van der Waals surface area contributed by atoms with Crippen molar-refractivity contribution in [2.45, 2.75) is 52.1 Å². The van der Waals surface area contributed by atoms with Crippen molar-refractivity contribution in [3.63, 3.8) is 0 Å². The molecule has 1 aromatic carbocycles. The second-order valence-corrected chi connectivity index (χ2v) is 5.17. The first-order valence-electron chi connectivity index (χ1n) is 7.28. The van der Waals surface area contributed by atoms with Gasteiger partial charge in [-0.2, -0.15) is 0 Å². The number of hydrogen-bond donors (Lipinski definition) is 1. The van der Waals surface area contributed by atoms with Crippen molar-refractivity contribution in [1.29, 1.82) is 0 Å². The van der Waals surface area contributed by atoms with Gasteiger partial charge in [0.1, 0.15) is 5.75 Å². The number of unbranched alkanes of at least 4 members (excludes halogenated alkanes) is 3. The van der Waals surface area contributed by atoms with Crippen LogP contribution in [0.25, 0.3) is 0 Å². The number of allylic oxidation sites excluding steroid dienone is 1. The normalized spacial score (nSPS) is 10.7. The molecule has 1 N–H and O–H groups in total. The standard InChI is InChI=1S/C17H27NO/c1-4-5-6-7-8-13-19-17-11-9-16(10-12-17)14-18-15(2)3/h4,9-12,15,18H,1,5-8,13-14H2,2-3H3. The molecule has 0 aliphatic rings. The van der Waals surface area contributed by atoms with Crippen LogP contribution in [0.15, 0.2) is 36.9 Å². The van der Waals surface area contributed by atoms with Gasteiger partial charge in [0.05, 0.1) is 6.61 Å². The lowest BCUT2D eigenvalue weighted by molar-refractivity contribution is 0.305. The molecule has 0 amide bonds. The molecular formula is C17H27NO. The van der Waals surface area contributed by atoms with E-state index in [0.29, 0.717) is 6.04 Å². The maximum absolute atomic E-state index is 5.72. The minimum atomic E-state index is 0.520. The zero-order valence-corrected chi connectivity index (χ0v) is 12.3. The fourth-order valence-electron chi connectivity index (χ4n) is 1.78. The number of nitrogens with one attached hydrogen (secondary N) is 1. The average Bonchev–Trinajstić information content (AvgIpc) is 2.41. The SMILES string of the molecule is C=CCCCCCOc1ccc(CNC(C)C)cc1. The van der Waals surface area contributed by atoms with Gasteiger partial charge in [-0.05, 0) is 43.4 Å². The maximum Gasteiger partial charge on any atom is 0.119 e. The van der Waals surface area contributed by atoms with E-state index in [2.05, 4.69) is 50.0 Å². The van der Waals surface area contributed by atoms with E-state index in [1.807, 2.05) is 6.08 Å². The van der Waals surface area contributed by atoms with Crippen LogP contribution in [-0.2, 0) is 6.54 Å². The monoisotopic (exact) mass is 261 g/mol. The highest BCUT2D eigenvalue weighted by Crippen LogP contribution is 2.13. The Morgan fingerprint density at radius 1 is 1.16 bits per heavy atom. The molecule has 0 fully saturated rings. The summed E-state index contributed by atoms with van der Waals surface area (Å²) in [4.78, 5) is 0. The van der Waals surface area contributed by atoms with Crippen molar-refractivity contribution in [1.82, 2.24) is 5.32 Å². The Kier molecular flexibility index (Phi) is 7.99. The van der Waals surface area contributed by atoms with Crippen LogP contribution >= 0.6 is 0 Å². The first-order valence-corrected chi connectivity index (χ1v) is 7.28. The Morgan fingerprint density at radius 3 is 2.53 bits per heavy atom. The summed E-state index contributed by atoms with van der Waals surface area (Å²) < 4.78 is 5.72. The summed E-state index contributed by atoms with van der Waals surface area (Å²) in [7, 11) is 0. The predicted octanol–water partition coefficient (Wildman–Crippen LogP) is 4.31. The molecule has 0 unspecified atom stereocenters. The lowest BCUT2D eigenvalue weighted by atomic mass is 10.2. The van der Waals surface area contributed by atoms with Crippen molar-refractivity contribution in [2.24, 2.45) is 0 Å². The van der Waals surface area contributed by atoms with Crippen LogP contribution in [0.5, 0.6) is 5.75 Å².